The van der Waals surface area contributed by atoms with Crippen molar-refractivity contribution in [2.24, 2.45) is 17.3 Å². The molecule has 0 bridgehead atoms. The van der Waals surface area contributed by atoms with E-state index in [-0.39, 0.29) is 17.2 Å². The van der Waals surface area contributed by atoms with Crippen LogP contribution in [0.2, 0.25) is 0 Å². The lowest BCUT2D eigenvalue weighted by molar-refractivity contribution is -0.161. The van der Waals surface area contributed by atoms with Gasteiger partial charge >= 0.3 is 6.18 Å². The summed E-state index contributed by atoms with van der Waals surface area (Å²) in [6.07, 6.45) is 0.835. The number of rotatable bonds is 3. The number of benzene rings is 1. The van der Waals surface area contributed by atoms with Gasteiger partial charge in [0.1, 0.15) is 0 Å². The van der Waals surface area contributed by atoms with Crippen molar-refractivity contribution in [2.75, 3.05) is 13.1 Å². The van der Waals surface area contributed by atoms with Crippen molar-refractivity contribution in [3.63, 3.8) is 0 Å². The summed E-state index contributed by atoms with van der Waals surface area (Å²) in [4.78, 5) is 14.4. The summed E-state index contributed by atoms with van der Waals surface area (Å²) in [5.41, 5.74) is 0.643. The monoisotopic (exact) mass is 395 g/mol. The number of carbonyl (C=O) groups is 1. The Morgan fingerprint density at radius 2 is 1.93 bits per heavy atom. The van der Waals surface area contributed by atoms with E-state index < -0.39 is 17.3 Å². The van der Waals surface area contributed by atoms with Crippen molar-refractivity contribution in [3.8, 4) is 0 Å². The molecular formula is C22H28F3NO2. The molecule has 3 fully saturated rings. The molecule has 1 unspecified atom stereocenters. The van der Waals surface area contributed by atoms with Crippen molar-refractivity contribution in [2.45, 2.75) is 64.1 Å². The van der Waals surface area contributed by atoms with Gasteiger partial charge in [0, 0.05) is 24.4 Å². The van der Waals surface area contributed by atoms with Crippen LogP contribution in [0.25, 0.3) is 0 Å². The lowest BCUT2D eigenvalue weighted by atomic mass is 9.69. The highest BCUT2D eigenvalue weighted by Gasteiger charge is 2.52. The zero-order valence-corrected chi connectivity index (χ0v) is 16.5. The summed E-state index contributed by atoms with van der Waals surface area (Å²) in [5, 5.41) is 9.84. The van der Waals surface area contributed by atoms with Gasteiger partial charge in [0.25, 0.3) is 0 Å². The van der Waals surface area contributed by atoms with Crippen LogP contribution in [-0.4, -0.2) is 34.6 Å². The summed E-state index contributed by atoms with van der Waals surface area (Å²) < 4.78 is 38.5. The second kappa shape index (κ2) is 6.48. The Labute approximate surface area is 163 Å². The number of carbonyl (C=O) groups excluding carboxylic acids is 1. The Morgan fingerprint density at radius 1 is 1.25 bits per heavy atom. The second-order valence-corrected chi connectivity index (χ2v) is 9.75. The van der Waals surface area contributed by atoms with Crippen molar-refractivity contribution >= 4 is 5.91 Å². The third-order valence-electron chi connectivity index (χ3n) is 7.07. The Bertz CT molecular complexity index is 772. The van der Waals surface area contributed by atoms with E-state index in [4.69, 9.17) is 0 Å². The number of hydrogen-bond donors (Lipinski definition) is 1. The smallest absolute Gasteiger partial charge is 0.390 e. The molecule has 1 aliphatic heterocycles. The summed E-state index contributed by atoms with van der Waals surface area (Å²) >= 11 is 0. The fourth-order valence-corrected chi connectivity index (χ4v) is 5.55. The minimum Gasteiger partial charge on any atom is -0.390 e. The number of amides is 1. The Morgan fingerprint density at radius 3 is 2.50 bits per heavy atom. The summed E-state index contributed by atoms with van der Waals surface area (Å²) in [6, 6.07) is 4.06. The highest BCUT2D eigenvalue weighted by Crippen LogP contribution is 2.50. The largest absolute Gasteiger partial charge is 0.416 e. The topological polar surface area (TPSA) is 40.5 Å². The molecule has 3 aliphatic rings. The van der Waals surface area contributed by atoms with Crippen LogP contribution in [0, 0.1) is 24.2 Å². The predicted molar refractivity (Wildman–Crippen MR) is 99.6 cm³/mol. The molecule has 1 atom stereocenters. The van der Waals surface area contributed by atoms with Crippen LogP contribution in [0.3, 0.4) is 0 Å². The number of alkyl halides is 3. The standard InChI is InChI=1S/C22H28F3NO2/c1-14-7-18(22(23,24)25)4-3-16(14)8-15-5-6-21(9-15)12-26(13-21)19(27)17-10-20(2,28)11-17/h3-4,7,15,17,28H,5-6,8-13H2,1-2H3/t15?,17-,20+. The number of aryl methyl sites for hydroxylation is 1. The average molecular weight is 395 g/mol. The molecule has 1 saturated heterocycles. The van der Waals surface area contributed by atoms with Crippen LogP contribution in [0.1, 0.15) is 55.7 Å². The lowest BCUT2D eigenvalue weighted by Crippen LogP contribution is -2.61. The molecule has 2 aliphatic carbocycles. The fraction of sp³-hybridized carbons (Fsp3) is 0.682. The predicted octanol–water partition coefficient (Wildman–Crippen LogP) is 4.35. The first kappa shape index (κ1) is 19.7. The van der Waals surface area contributed by atoms with E-state index in [9.17, 15) is 23.1 Å². The van der Waals surface area contributed by atoms with Crippen LogP contribution in [0.4, 0.5) is 13.2 Å². The first-order chi connectivity index (χ1) is 13.0. The van der Waals surface area contributed by atoms with Crippen LogP contribution in [0.5, 0.6) is 0 Å². The van der Waals surface area contributed by atoms with Crippen molar-refractivity contribution in [1.29, 1.82) is 0 Å². The Kier molecular flexibility index (Phi) is 4.57. The molecule has 6 heteroatoms. The summed E-state index contributed by atoms with van der Waals surface area (Å²) in [6.45, 7) is 5.13. The quantitative estimate of drug-likeness (QED) is 0.827. The van der Waals surface area contributed by atoms with E-state index in [0.29, 0.717) is 24.3 Å². The molecule has 1 aromatic carbocycles. The minimum atomic E-state index is -4.30. The zero-order chi connectivity index (χ0) is 20.3. The van der Waals surface area contributed by atoms with Gasteiger partial charge in [0.15, 0.2) is 0 Å². The first-order valence-corrected chi connectivity index (χ1v) is 10.1. The molecule has 3 nitrogen and oxygen atoms in total. The van der Waals surface area contributed by atoms with E-state index in [1.165, 1.54) is 12.1 Å². The van der Waals surface area contributed by atoms with Gasteiger partial charge in [-0.15, -0.1) is 0 Å². The van der Waals surface area contributed by atoms with E-state index >= 15 is 0 Å². The van der Waals surface area contributed by atoms with Crippen LogP contribution >= 0.6 is 0 Å². The Balaban J connectivity index is 1.30. The lowest BCUT2D eigenvalue weighted by Gasteiger charge is -2.52. The van der Waals surface area contributed by atoms with Crippen LogP contribution < -0.4 is 0 Å². The Hall–Kier alpha value is -1.56. The third kappa shape index (κ3) is 3.68. The third-order valence-corrected chi connectivity index (χ3v) is 7.07. The number of nitrogens with zero attached hydrogens (tertiary/aromatic N) is 1. The normalized spacial score (nSPS) is 31.6. The van der Waals surface area contributed by atoms with Gasteiger partial charge in [-0.05, 0) is 81.5 Å². The van der Waals surface area contributed by atoms with Gasteiger partial charge < -0.3 is 10.0 Å². The number of likely N-dealkylation sites (tertiary alicyclic amines) is 1. The van der Waals surface area contributed by atoms with Gasteiger partial charge in [-0.1, -0.05) is 6.07 Å². The summed E-state index contributed by atoms with van der Waals surface area (Å²) in [7, 11) is 0. The number of aliphatic hydroxyl groups is 1. The van der Waals surface area contributed by atoms with Gasteiger partial charge in [-0.3, -0.25) is 4.79 Å². The molecule has 0 radical (unpaired) electrons. The molecular weight excluding hydrogens is 367 g/mol. The van der Waals surface area contributed by atoms with Crippen molar-refractivity contribution < 1.29 is 23.1 Å². The molecule has 154 valence electrons. The number of hydrogen-bond acceptors (Lipinski definition) is 2. The van der Waals surface area contributed by atoms with Gasteiger partial charge in [0.2, 0.25) is 5.91 Å². The molecule has 4 rings (SSSR count). The second-order valence-electron chi connectivity index (χ2n) is 9.75. The highest BCUT2D eigenvalue weighted by molar-refractivity contribution is 5.81. The van der Waals surface area contributed by atoms with E-state index in [1.54, 1.807) is 19.9 Å². The molecule has 2 saturated carbocycles. The SMILES string of the molecule is Cc1cc(C(F)(F)F)ccc1CC1CCC2(C1)CN(C(=O)[C@H]1C[C@@](C)(O)C1)C2. The van der Waals surface area contributed by atoms with Crippen LogP contribution in [0.15, 0.2) is 18.2 Å². The average Bonchev–Trinajstić information content (AvgIpc) is 2.95. The highest BCUT2D eigenvalue weighted by atomic mass is 19.4. The molecule has 1 heterocycles. The van der Waals surface area contributed by atoms with E-state index in [0.717, 1.165) is 44.3 Å². The molecule has 1 amide bonds. The van der Waals surface area contributed by atoms with Crippen LogP contribution in [-0.2, 0) is 17.4 Å². The maximum Gasteiger partial charge on any atom is 0.416 e. The molecule has 28 heavy (non-hydrogen) atoms. The van der Waals surface area contributed by atoms with Crippen molar-refractivity contribution in [1.82, 2.24) is 4.90 Å². The van der Waals surface area contributed by atoms with Gasteiger partial charge in [-0.2, -0.15) is 13.2 Å². The van der Waals surface area contributed by atoms with Gasteiger partial charge in [0.05, 0.1) is 11.2 Å². The fourth-order valence-electron chi connectivity index (χ4n) is 5.55. The van der Waals surface area contributed by atoms with Gasteiger partial charge in [-0.25, -0.2) is 0 Å². The van der Waals surface area contributed by atoms with Crippen molar-refractivity contribution in [3.05, 3.63) is 34.9 Å². The van der Waals surface area contributed by atoms with E-state index in [2.05, 4.69) is 0 Å². The molecule has 1 spiro atoms. The molecule has 1 N–H and O–H groups in total. The summed E-state index contributed by atoms with van der Waals surface area (Å²) in [5.74, 6) is 0.621. The first-order valence-electron chi connectivity index (χ1n) is 10.1. The zero-order valence-electron chi connectivity index (χ0n) is 16.5. The maximum absolute atomic E-state index is 12.8. The minimum absolute atomic E-state index is 0.0284. The van der Waals surface area contributed by atoms with E-state index in [1.807, 2.05) is 4.90 Å². The number of halogens is 3. The maximum atomic E-state index is 12.8. The molecule has 0 aromatic heterocycles. The molecule has 1 aromatic rings.